The molecule has 0 saturated heterocycles. The average molecular weight is 337 g/mol. The van der Waals surface area contributed by atoms with Crippen molar-refractivity contribution >= 4 is 5.91 Å². The molecule has 1 atom stereocenters. The van der Waals surface area contributed by atoms with Crippen LogP contribution in [0.4, 0.5) is 8.78 Å². The maximum atomic E-state index is 13.9. The van der Waals surface area contributed by atoms with Crippen molar-refractivity contribution in [3.63, 3.8) is 0 Å². The second kappa shape index (κ2) is 7.71. The molecule has 0 fully saturated rings. The molecule has 25 heavy (non-hydrogen) atoms. The standard InChI is InChI=1S/C21H17F2NO/c22-17-12-7-13-18(23)20(17)21(25)24-19(16-10-5-2-6-11-16)14-15-8-3-1-4-9-15/h1-13,19H,14H2,(H,24,25). The number of halogens is 2. The fourth-order valence-electron chi connectivity index (χ4n) is 2.73. The summed E-state index contributed by atoms with van der Waals surface area (Å²) in [5.41, 5.74) is 1.33. The fraction of sp³-hybridized carbons (Fsp3) is 0.0952. The maximum Gasteiger partial charge on any atom is 0.257 e. The van der Waals surface area contributed by atoms with E-state index in [9.17, 15) is 13.6 Å². The van der Waals surface area contributed by atoms with Gasteiger partial charge in [-0.3, -0.25) is 4.79 Å². The minimum Gasteiger partial charge on any atom is -0.345 e. The SMILES string of the molecule is O=C(NC(Cc1ccccc1)c1ccccc1)c1c(F)cccc1F. The van der Waals surface area contributed by atoms with Gasteiger partial charge in [0, 0.05) is 0 Å². The van der Waals surface area contributed by atoms with Gasteiger partial charge in [-0.25, -0.2) is 8.78 Å². The lowest BCUT2D eigenvalue weighted by atomic mass is 9.98. The Bertz CT molecular complexity index is 830. The van der Waals surface area contributed by atoms with Crippen molar-refractivity contribution in [1.82, 2.24) is 5.32 Å². The topological polar surface area (TPSA) is 29.1 Å². The van der Waals surface area contributed by atoms with Crippen molar-refractivity contribution in [3.8, 4) is 0 Å². The van der Waals surface area contributed by atoms with Gasteiger partial charge in [-0.1, -0.05) is 66.7 Å². The second-order valence-electron chi connectivity index (χ2n) is 5.72. The van der Waals surface area contributed by atoms with Crippen molar-refractivity contribution in [2.45, 2.75) is 12.5 Å². The Balaban J connectivity index is 1.88. The Morgan fingerprint density at radius 1 is 0.800 bits per heavy atom. The van der Waals surface area contributed by atoms with Crippen LogP contribution in [0, 0.1) is 11.6 Å². The Morgan fingerprint density at radius 3 is 1.96 bits per heavy atom. The molecule has 3 rings (SSSR count). The predicted octanol–water partition coefficient (Wildman–Crippen LogP) is 4.68. The summed E-state index contributed by atoms with van der Waals surface area (Å²) in [6.45, 7) is 0. The first-order chi connectivity index (χ1) is 12.1. The molecule has 4 heteroatoms. The first-order valence-corrected chi connectivity index (χ1v) is 7.99. The van der Waals surface area contributed by atoms with Gasteiger partial charge in [0.05, 0.1) is 6.04 Å². The summed E-state index contributed by atoms with van der Waals surface area (Å²) in [4.78, 5) is 12.5. The van der Waals surface area contributed by atoms with E-state index in [1.807, 2.05) is 60.7 Å². The zero-order chi connectivity index (χ0) is 17.6. The highest BCUT2D eigenvalue weighted by molar-refractivity contribution is 5.95. The predicted molar refractivity (Wildman–Crippen MR) is 93.2 cm³/mol. The van der Waals surface area contributed by atoms with Gasteiger partial charge < -0.3 is 5.32 Å². The van der Waals surface area contributed by atoms with Crippen LogP contribution in [-0.2, 0) is 6.42 Å². The van der Waals surface area contributed by atoms with Crippen LogP contribution in [0.15, 0.2) is 78.9 Å². The van der Waals surface area contributed by atoms with Crippen LogP contribution in [0.5, 0.6) is 0 Å². The largest absolute Gasteiger partial charge is 0.345 e. The molecular formula is C21H17F2NO. The molecule has 3 aromatic carbocycles. The quantitative estimate of drug-likeness (QED) is 0.720. The van der Waals surface area contributed by atoms with E-state index in [4.69, 9.17) is 0 Å². The molecule has 2 nitrogen and oxygen atoms in total. The van der Waals surface area contributed by atoms with E-state index in [1.165, 1.54) is 6.07 Å². The van der Waals surface area contributed by atoms with E-state index in [2.05, 4.69) is 5.32 Å². The third kappa shape index (κ3) is 4.10. The van der Waals surface area contributed by atoms with Crippen molar-refractivity contribution in [2.75, 3.05) is 0 Å². The van der Waals surface area contributed by atoms with E-state index >= 15 is 0 Å². The van der Waals surface area contributed by atoms with Crippen LogP contribution in [-0.4, -0.2) is 5.91 Å². The lowest BCUT2D eigenvalue weighted by molar-refractivity contribution is 0.0928. The summed E-state index contributed by atoms with van der Waals surface area (Å²) in [5, 5.41) is 2.76. The van der Waals surface area contributed by atoms with E-state index in [-0.39, 0.29) is 0 Å². The summed E-state index contributed by atoms with van der Waals surface area (Å²) in [5.74, 6) is -2.51. The number of amides is 1. The van der Waals surface area contributed by atoms with Gasteiger partial charge >= 0.3 is 0 Å². The highest BCUT2D eigenvalue weighted by Crippen LogP contribution is 2.20. The van der Waals surface area contributed by atoms with E-state index in [1.54, 1.807) is 0 Å². The number of benzene rings is 3. The molecule has 0 aliphatic heterocycles. The van der Waals surface area contributed by atoms with Crippen LogP contribution in [0.3, 0.4) is 0 Å². The van der Waals surface area contributed by atoms with E-state index < -0.39 is 29.1 Å². The average Bonchev–Trinajstić information content (AvgIpc) is 2.63. The highest BCUT2D eigenvalue weighted by atomic mass is 19.1. The Hall–Kier alpha value is -3.01. The molecule has 1 N–H and O–H groups in total. The van der Waals surface area contributed by atoms with Gasteiger partial charge in [-0.05, 0) is 29.7 Å². The van der Waals surface area contributed by atoms with Gasteiger partial charge in [0.25, 0.3) is 5.91 Å². The summed E-state index contributed by atoms with van der Waals surface area (Å²) >= 11 is 0. The molecule has 0 radical (unpaired) electrons. The zero-order valence-electron chi connectivity index (χ0n) is 13.5. The number of carbonyl (C=O) groups excluding carboxylic acids is 1. The monoisotopic (exact) mass is 337 g/mol. The number of rotatable bonds is 5. The normalized spacial score (nSPS) is 11.8. The lowest BCUT2D eigenvalue weighted by Crippen LogP contribution is -2.31. The number of hydrogen-bond donors (Lipinski definition) is 1. The molecule has 0 aromatic heterocycles. The first kappa shape index (κ1) is 16.8. The number of hydrogen-bond acceptors (Lipinski definition) is 1. The minimum absolute atomic E-state index is 0.393. The summed E-state index contributed by atoms with van der Waals surface area (Å²) < 4.78 is 27.8. The molecule has 1 amide bonds. The Kier molecular flexibility index (Phi) is 5.19. The molecule has 1 unspecified atom stereocenters. The zero-order valence-corrected chi connectivity index (χ0v) is 13.5. The van der Waals surface area contributed by atoms with Gasteiger partial charge in [-0.2, -0.15) is 0 Å². The molecule has 0 aliphatic rings. The lowest BCUT2D eigenvalue weighted by Gasteiger charge is -2.20. The molecule has 0 saturated carbocycles. The van der Waals surface area contributed by atoms with Crippen LogP contribution in [0.25, 0.3) is 0 Å². The smallest absolute Gasteiger partial charge is 0.257 e. The van der Waals surface area contributed by atoms with Crippen LogP contribution < -0.4 is 5.32 Å². The van der Waals surface area contributed by atoms with Crippen molar-refractivity contribution in [2.24, 2.45) is 0 Å². The van der Waals surface area contributed by atoms with E-state index in [0.29, 0.717) is 6.42 Å². The van der Waals surface area contributed by atoms with Gasteiger partial charge in [0.15, 0.2) is 0 Å². The van der Waals surface area contributed by atoms with Crippen molar-refractivity contribution in [1.29, 1.82) is 0 Å². The summed E-state index contributed by atoms with van der Waals surface area (Å²) in [7, 11) is 0. The van der Waals surface area contributed by atoms with Crippen LogP contribution in [0.2, 0.25) is 0 Å². The molecule has 3 aromatic rings. The van der Waals surface area contributed by atoms with Crippen molar-refractivity contribution in [3.05, 3.63) is 107 Å². The number of nitrogens with one attached hydrogen (secondary N) is 1. The fourth-order valence-corrected chi connectivity index (χ4v) is 2.73. The Labute approximate surface area is 145 Å². The molecular weight excluding hydrogens is 320 g/mol. The molecule has 0 spiro atoms. The highest BCUT2D eigenvalue weighted by Gasteiger charge is 2.21. The minimum atomic E-state index is -0.871. The van der Waals surface area contributed by atoms with Crippen LogP contribution in [0.1, 0.15) is 27.5 Å². The van der Waals surface area contributed by atoms with Gasteiger partial charge in [-0.15, -0.1) is 0 Å². The molecule has 0 heterocycles. The van der Waals surface area contributed by atoms with Gasteiger partial charge in [0.1, 0.15) is 17.2 Å². The van der Waals surface area contributed by atoms with Gasteiger partial charge in [0.2, 0.25) is 0 Å². The third-order valence-electron chi connectivity index (χ3n) is 3.98. The number of carbonyl (C=O) groups is 1. The first-order valence-electron chi connectivity index (χ1n) is 7.99. The molecule has 126 valence electrons. The maximum absolute atomic E-state index is 13.9. The Morgan fingerprint density at radius 2 is 1.36 bits per heavy atom. The third-order valence-corrected chi connectivity index (χ3v) is 3.98. The molecule has 0 bridgehead atoms. The van der Waals surface area contributed by atoms with Crippen LogP contribution >= 0.6 is 0 Å². The van der Waals surface area contributed by atoms with Crippen molar-refractivity contribution < 1.29 is 13.6 Å². The summed E-state index contributed by atoms with van der Waals surface area (Å²) in [6, 6.07) is 22.0. The second-order valence-corrected chi connectivity index (χ2v) is 5.72. The summed E-state index contributed by atoms with van der Waals surface area (Å²) in [6.07, 6.45) is 0.521. The van der Waals surface area contributed by atoms with E-state index in [0.717, 1.165) is 23.3 Å². The molecule has 0 aliphatic carbocycles.